The topological polar surface area (TPSA) is 63.7 Å². The fourth-order valence-electron chi connectivity index (χ4n) is 2.27. The smallest absolute Gasteiger partial charge is 0.309 e. The van der Waals surface area contributed by atoms with Gasteiger partial charge in [-0.2, -0.15) is 4.31 Å². The van der Waals surface area contributed by atoms with Gasteiger partial charge in [-0.15, -0.1) is 11.3 Å². The molecule has 1 aromatic heterocycles. The molecule has 1 aromatic rings. The van der Waals surface area contributed by atoms with Crippen LogP contribution in [-0.4, -0.2) is 38.4 Å². The van der Waals surface area contributed by atoms with Crippen molar-refractivity contribution in [2.75, 3.05) is 19.7 Å². The maximum atomic E-state index is 12.4. The van der Waals surface area contributed by atoms with Crippen molar-refractivity contribution in [3.05, 3.63) is 17.0 Å². The van der Waals surface area contributed by atoms with Crippen molar-refractivity contribution in [1.82, 2.24) is 4.31 Å². The predicted octanol–water partition coefficient (Wildman–Crippen LogP) is 2.02. The SMILES string of the molecule is CCOC(=O)C1CCN(S(=O)(=O)c2ccc(C)s2)CC1. The van der Waals surface area contributed by atoms with Crippen LogP contribution in [0.1, 0.15) is 24.6 Å². The maximum Gasteiger partial charge on any atom is 0.309 e. The molecule has 0 atom stereocenters. The molecule has 2 heterocycles. The molecule has 2 rings (SSSR count). The molecule has 0 aliphatic carbocycles. The van der Waals surface area contributed by atoms with Crippen LogP contribution in [0.15, 0.2) is 16.3 Å². The van der Waals surface area contributed by atoms with Crippen molar-refractivity contribution in [3.8, 4) is 0 Å². The standard InChI is InChI=1S/C13H19NO4S2/c1-3-18-13(15)11-6-8-14(9-7-11)20(16,17)12-5-4-10(2)19-12/h4-5,11H,3,6-9H2,1-2H3. The molecule has 0 N–H and O–H groups in total. The quantitative estimate of drug-likeness (QED) is 0.797. The third kappa shape index (κ3) is 3.21. The molecule has 5 nitrogen and oxygen atoms in total. The average molecular weight is 317 g/mol. The molecule has 0 bridgehead atoms. The summed E-state index contributed by atoms with van der Waals surface area (Å²) in [5, 5.41) is 0. The molecular weight excluding hydrogens is 298 g/mol. The number of hydrogen-bond acceptors (Lipinski definition) is 5. The van der Waals surface area contributed by atoms with Crippen molar-refractivity contribution in [2.45, 2.75) is 30.9 Å². The highest BCUT2D eigenvalue weighted by Gasteiger charge is 2.33. The minimum Gasteiger partial charge on any atom is -0.466 e. The lowest BCUT2D eigenvalue weighted by Crippen LogP contribution is -2.40. The maximum absolute atomic E-state index is 12.4. The highest BCUT2D eigenvalue weighted by Crippen LogP contribution is 2.28. The van der Waals surface area contributed by atoms with Crippen LogP contribution in [0.5, 0.6) is 0 Å². The minimum atomic E-state index is -3.40. The lowest BCUT2D eigenvalue weighted by Gasteiger charge is -2.29. The van der Waals surface area contributed by atoms with Crippen molar-refractivity contribution >= 4 is 27.3 Å². The Labute approximate surface area is 123 Å². The summed E-state index contributed by atoms with van der Waals surface area (Å²) in [5.74, 6) is -0.386. The van der Waals surface area contributed by atoms with Crippen molar-refractivity contribution < 1.29 is 17.9 Å². The molecule has 7 heteroatoms. The molecule has 1 aliphatic heterocycles. The molecule has 0 aromatic carbocycles. The van der Waals surface area contributed by atoms with Crippen LogP contribution in [-0.2, 0) is 19.6 Å². The summed E-state index contributed by atoms with van der Waals surface area (Å²) >= 11 is 1.28. The third-order valence-corrected chi connectivity index (χ3v) is 6.75. The number of ether oxygens (including phenoxy) is 1. The number of nitrogens with zero attached hydrogens (tertiary/aromatic N) is 1. The molecule has 1 fully saturated rings. The molecule has 1 saturated heterocycles. The second kappa shape index (κ2) is 6.24. The van der Waals surface area contributed by atoms with E-state index in [4.69, 9.17) is 4.74 Å². The summed E-state index contributed by atoms with van der Waals surface area (Å²) in [6.45, 7) is 4.78. The zero-order valence-corrected chi connectivity index (χ0v) is 13.3. The van der Waals surface area contributed by atoms with Crippen LogP contribution in [0.25, 0.3) is 0 Å². The Hall–Kier alpha value is -0.920. The van der Waals surface area contributed by atoms with Crippen molar-refractivity contribution in [2.24, 2.45) is 5.92 Å². The number of sulfonamides is 1. The van der Waals surface area contributed by atoms with Gasteiger partial charge < -0.3 is 4.74 Å². The molecular formula is C13H19NO4S2. The van der Waals surface area contributed by atoms with Gasteiger partial charge in [0.25, 0.3) is 10.0 Å². The number of thiophene rings is 1. The summed E-state index contributed by atoms with van der Waals surface area (Å²) in [7, 11) is -3.40. The first-order chi connectivity index (χ1) is 9.45. The number of aryl methyl sites for hydroxylation is 1. The summed E-state index contributed by atoms with van der Waals surface area (Å²) in [4.78, 5) is 12.6. The van der Waals surface area contributed by atoms with Crippen LogP contribution in [0, 0.1) is 12.8 Å². The van der Waals surface area contributed by atoms with E-state index in [1.165, 1.54) is 15.6 Å². The highest BCUT2D eigenvalue weighted by molar-refractivity contribution is 7.91. The molecule has 0 spiro atoms. The van der Waals surface area contributed by atoms with Crippen LogP contribution < -0.4 is 0 Å². The van der Waals surface area contributed by atoms with Gasteiger partial charge in [0.2, 0.25) is 0 Å². The average Bonchev–Trinajstić information content (AvgIpc) is 2.86. The Kier molecular flexibility index (Phi) is 4.82. The highest BCUT2D eigenvalue weighted by atomic mass is 32.2. The van der Waals surface area contributed by atoms with E-state index in [1.54, 1.807) is 13.0 Å². The zero-order chi connectivity index (χ0) is 14.8. The van der Waals surface area contributed by atoms with E-state index in [1.807, 2.05) is 13.0 Å². The van der Waals surface area contributed by atoms with Gasteiger partial charge in [0.1, 0.15) is 4.21 Å². The van der Waals surface area contributed by atoms with Crippen LogP contribution >= 0.6 is 11.3 Å². The van der Waals surface area contributed by atoms with E-state index in [-0.39, 0.29) is 11.9 Å². The molecule has 0 amide bonds. The van der Waals surface area contributed by atoms with Gasteiger partial charge >= 0.3 is 5.97 Å². The normalized spacial score (nSPS) is 18.1. The van der Waals surface area contributed by atoms with E-state index in [0.717, 1.165) is 4.88 Å². The number of esters is 1. The lowest BCUT2D eigenvalue weighted by atomic mass is 9.98. The molecule has 0 saturated carbocycles. The summed E-state index contributed by atoms with van der Waals surface area (Å²) in [5.41, 5.74) is 0. The summed E-state index contributed by atoms with van der Waals surface area (Å²) in [6.07, 6.45) is 1.06. The first-order valence-corrected chi connectivity index (χ1v) is 8.94. The minimum absolute atomic E-state index is 0.175. The fraction of sp³-hybridized carbons (Fsp3) is 0.615. The summed E-state index contributed by atoms with van der Waals surface area (Å²) in [6, 6.07) is 3.45. The third-order valence-electron chi connectivity index (χ3n) is 3.38. The van der Waals surface area contributed by atoms with E-state index in [0.29, 0.717) is 36.7 Å². The molecule has 112 valence electrons. The number of carbonyl (C=O) groups is 1. The van der Waals surface area contributed by atoms with Gasteiger partial charge in [-0.3, -0.25) is 4.79 Å². The van der Waals surface area contributed by atoms with E-state index >= 15 is 0 Å². The molecule has 0 radical (unpaired) electrons. The van der Waals surface area contributed by atoms with Gasteiger partial charge in [-0.25, -0.2) is 8.42 Å². The molecule has 1 aliphatic rings. The Morgan fingerprint density at radius 2 is 2.05 bits per heavy atom. The number of carbonyl (C=O) groups excluding carboxylic acids is 1. The van der Waals surface area contributed by atoms with Crippen molar-refractivity contribution in [3.63, 3.8) is 0 Å². The van der Waals surface area contributed by atoms with E-state index in [9.17, 15) is 13.2 Å². The number of hydrogen-bond donors (Lipinski definition) is 0. The number of rotatable bonds is 4. The van der Waals surface area contributed by atoms with Crippen LogP contribution in [0.2, 0.25) is 0 Å². The van der Waals surface area contributed by atoms with Gasteiger partial charge in [-0.1, -0.05) is 0 Å². The Balaban J connectivity index is 2.02. The zero-order valence-electron chi connectivity index (χ0n) is 11.7. The van der Waals surface area contributed by atoms with E-state index < -0.39 is 10.0 Å². The molecule has 0 unspecified atom stereocenters. The van der Waals surface area contributed by atoms with Crippen LogP contribution in [0.4, 0.5) is 0 Å². The van der Waals surface area contributed by atoms with Gasteiger partial charge in [0, 0.05) is 18.0 Å². The Morgan fingerprint density at radius 1 is 1.40 bits per heavy atom. The van der Waals surface area contributed by atoms with Gasteiger partial charge in [-0.05, 0) is 38.8 Å². The second-order valence-corrected chi connectivity index (χ2v) is 8.25. The fourth-order valence-corrected chi connectivity index (χ4v) is 5.18. The van der Waals surface area contributed by atoms with Gasteiger partial charge in [0.05, 0.1) is 12.5 Å². The first-order valence-electron chi connectivity index (χ1n) is 6.68. The predicted molar refractivity (Wildman–Crippen MR) is 77.2 cm³/mol. The van der Waals surface area contributed by atoms with E-state index in [2.05, 4.69) is 0 Å². The van der Waals surface area contributed by atoms with Crippen molar-refractivity contribution in [1.29, 1.82) is 0 Å². The Bertz CT molecular complexity index is 571. The number of piperidine rings is 1. The van der Waals surface area contributed by atoms with Crippen LogP contribution in [0.3, 0.4) is 0 Å². The monoisotopic (exact) mass is 317 g/mol. The Morgan fingerprint density at radius 3 is 2.55 bits per heavy atom. The lowest BCUT2D eigenvalue weighted by molar-refractivity contribution is -0.149. The van der Waals surface area contributed by atoms with Gasteiger partial charge in [0.15, 0.2) is 0 Å². The molecule has 20 heavy (non-hydrogen) atoms. The second-order valence-electron chi connectivity index (χ2n) is 4.80. The first kappa shape index (κ1) is 15.5. The summed E-state index contributed by atoms with van der Waals surface area (Å²) < 4.78 is 31.7. The largest absolute Gasteiger partial charge is 0.466 e.